The van der Waals surface area contributed by atoms with Crippen LogP contribution in [0.4, 0.5) is 0 Å². The average Bonchev–Trinajstić information content (AvgIpc) is 2.67. The molecule has 0 saturated heterocycles. The number of hydroxylamine groups is 2. The molecule has 0 aliphatic carbocycles. The number of rotatable bonds is 7. The fourth-order valence-corrected chi connectivity index (χ4v) is 1.76. The van der Waals surface area contributed by atoms with E-state index in [1.54, 1.807) is 12.1 Å². The van der Waals surface area contributed by atoms with Gasteiger partial charge in [-0.05, 0) is 25.0 Å². The fourth-order valence-electron chi connectivity index (χ4n) is 1.76. The molecule has 0 atom stereocenters. The Morgan fingerprint density at radius 2 is 1.70 bits per heavy atom. The zero-order valence-corrected chi connectivity index (χ0v) is 10.6. The van der Waals surface area contributed by atoms with Crippen molar-refractivity contribution in [3.8, 4) is 0 Å². The number of fused-ring (bicyclic) bond motifs is 1. The highest BCUT2D eigenvalue weighted by molar-refractivity contribution is 6.20. The van der Waals surface area contributed by atoms with Crippen LogP contribution in [0.5, 0.6) is 0 Å². The molecule has 0 unspecified atom stereocenters. The van der Waals surface area contributed by atoms with E-state index in [-0.39, 0.29) is 24.2 Å². The van der Waals surface area contributed by atoms with Crippen molar-refractivity contribution in [2.75, 3.05) is 6.61 Å². The first kappa shape index (κ1) is 14.2. The van der Waals surface area contributed by atoms with Crippen LogP contribution in [0, 0.1) is 0 Å². The molecular formula is C13H13NO6. The highest BCUT2D eigenvalue weighted by Crippen LogP contribution is 2.22. The highest BCUT2D eigenvalue weighted by Gasteiger charge is 2.37. The second kappa shape index (κ2) is 6.27. The summed E-state index contributed by atoms with van der Waals surface area (Å²) in [5.74, 6) is -2.03. The summed E-state index contributed by atoms with van der Waals surface area (Å²) in [7, 11) is 0. The van der Waals surface area contributed by atoms with Crippen LogP contribution in [0.15, 0.2) is 24.3 Å². The molecule has 7 heteroatoms. The van der Waals surface area contributed by atoms with Gasteiger partial charge in [-0.2, -0.15) is 0 Å². The van der Waals surface area contributed by atoms with Crippen LogP contribution < -0.4 is 0 Å². The van der Waals surface area contributed by atoms with Gasteiger partial charge in [-0.15, -0.1) is 10.1 Å². The summed E-state index contributed by atoms with van der Waals surface area (Å²) in [6.07, 6.45) is 0.923. The molecular weight excluding hydrogens is 266 g/mol. The molecule has 2 rings (SSSR count). The lowest BCUT2D eigenvalue weighted by Crippen LogP contribution is -2.30. The average molecular weight is 279 g/mol. The molecule has 7 nitrogen and oxygen atoms in total. The van der Waals surface area contributed by atoms with Gasteiger partial charge in [-0.3, -0.25) is 14.4 Å². The van der Waals surface area contributed by atoms with Gasteiger partial charge in [0.1, 0.15) is 0 Å². The van der Waals surface area contributed by atoms with Crippen molar-refractivity contribution in [1.29, 1.82) is 0 Å². The Labute approximate surface area is 114 Å². The van der Waals surface area contributed by atoms with Gasteiger partial charge in [0.25, 0.3) is 11.8 Å². The summed E-state index contributed by atoms with van der Waals surface area (Å²) in [4.78, 5) is 43.4. The summed E-state index contributed by atoms with van der Waals surface area (Å²) in [5, 5.41) is 9.00. The lowest BCUT2D eigenvalue weighted by atomic mass is 10.1. The van der Waals surface area contributed by atoms with Crippen molar-refractivity contribution < 1.29 is 29.4 Å². The Bertz CT molecular complexity index is 506. The van der Waals surface area contributed by atoms with Crippen LogP contribution in [0.3, 0.4) is 0 Å². The SMILES string of the molecule is O=C(O)CCCCOON1C(=O)c2ccccc2C1=O. The van der Waals surface area contributed by atoms with Gasteiger partial charge < -0.3 is 5.11 Å². The molecule has 20 heavy (non-hydrogen) atoms. The Hall–Kier alpha value is -2.25. The Kier molecular flexibility index (Phi) is 4.44. The van der Waals surface area contributed by atoms with Crippen molar-refractivity contribution in [2.45, 2.75) is 19.3 Å². The number of benzene rings is 1. The van der Waals surface area contributed by atoms with E-state index in [9.17, 15) is 14.4 Å². The number of nitrogens with zero attached hydrogens (tertiary/aromatic N) is 1. The highest BCUT2D eigenvalue weighted by atomic mass is 17.3. The number of carboxylic acid groups (broad SMARTS) is 1. The van der Waals surface area contributed by atoms with Gasteiger partial charge in [-0.25, -0.2) is 4.89 Å². The van der Waals surface area contributed by atoms with Gasteiger partial charge in [0, 0.05) is 6.42 Å². The topological polar surface area (TPSA) is 93.1 Å². The van der Waals surface area contributed by atoms with E-state index < -0.39 is 17.8 Å². The first-order valence-electron chi connectivity index (χ1n) is 6.10. The third-order valence-corrected chi connectivity index (χ3v) is 2.75. The number of imide groups is 1. The zero-order valence-electron chi connectivity index (χ0n) is 10.6. The van der Waals surface area contributed by atoms with Crippen LogP contribution in [-0.4, -0.2) is 34.6 Å². The smallest absolute Gasteiger partial charge is 0.303 e. The molecule has 1 aliphatic rings. The Balaban J connectivity index is 1.79. The minimum atomic E-state index is -0.883. The maximum absolute atomic E-state index is 11.8. The van der Waals surface area contributed by atoms with Crippen LogP contribution >= 0.6 is 0 Å². The largest absolute Gasteiger partial charge is 0.481 e. The molecule has 2 amide bonds. The maximum Gasteiger partial charge on any atom is 0.303 e. The summed E-state index contributed by atoms with van der Waals surface area (Å²) in [5.41, 5.74) is 0.541. The molecule has 0 fully saturated rings. The molecule has 1 N–H and O–H groups in total. The second-order valence-corrected chi connectivity index (χ2v) is 4.20. The van der Waals surface area contributed by atoms with Crippen LogP contribution in [-0.2, 0) is 14.7 Å². The van der Waals surface area contributed by atoms with Gasteiger partial charge in [0.05, 0.1) is 17.7 Å². The summed E-state index contributed by atoms with van der Waals surface area (Å²) >= 11 is 0. The van der Waals surface area contributed by atoms with Crippen LogP contribution in [0.1, 0.15) is 40.0 Å². The molecule has 0 saturated carbocycles. The van der Waals surface area contributed by atoms with Gasteiger partial charge in [-0.1, -0.05) is 12.1 Å². The maximum atomic E-state index is 11.8. The van der Waals surface area contributed by atoms with E-state index in [4.69, 9.17) is 15.0 Å². The summed E-state index contributed by atoms with van der Waals surface area (Å²) < 4.78 is 0. The number of hydrogen-bond donors (Lipinski definition) is 1. The molecule has 1 aromatic rings. The quantitative estimate of drug-likeness (QED) is 0.351. The lowest BCUT2D eigenvalue weighted by molar-refractivity contribution is -0.385. The molecule has 1 heterocycles. The van der Waals surface area contributed by atoms with Crippen LogP contribution in [0.2, 0.25) is 0 Å². The molecule has 0 radical (unpaired) electrons. The lowest BCUT2D eigenvalue weighted by Gasteiger charge is -2.11. The van der Waals surface area contributed by atoms with Crippen molar-refractivity contribution in [2.24, 2.45) is 0 Å². The Morgan fingerprint density at radius 1 is 1.10 bits per heavy atom. The van der Waals surface area contributed by atoms with E-state index in [0.29, 0.717) is 17.9 Å². The van der Waals surface area contributed by atoms with E-state index in [2.05, 4.69) is 0 Å². The molecule has 106 valence electrons. The van der Waals surface area contributed by atoms with E-state index in [1.165, 1.54) is 12.1 Å². The number of carbonyl (C=O) groups excluding carboxylic acids is 2. The number of amides is 2. The Morgan fingerprint density at radius 3 is 2.25 bits per heavy atom. The molecule has 0 aromatic heterocycles. The normalized spacial score (nSPS) is 13.7. The van der Waals surface area contributed by atoms with Crippen molar-refractivity contribution in [3.63, 3.8) is 0 Å². The second-order valence-electron chi connectivity index (χ2n) is 4.20. The van der Waals surface area contributed by atoms with E-state index in [0.717, 1.165) is 0 Å². The third-order valence-electron chi connectivity index (χ3n) is 2.75. The first-order valence-corrected chi connectivity index (χ1v) is 6.10. The minimum Gasteiger partial charge on any atom is -0.481 e. The standard InChI is InChI=1S/C13H13NO6/c15-11(16)7-3-4-8-19-20-14-12(17)9-5-1-2-6-10(9)13(14)18/h1-2,5-6H,3-4,7-8H2,(H,15,16). The van der Waals surface area contributed by atoms with Crippen molar-refractivity contribution in [1.82, 2.24) is 5.06 Å². The molecule has 1 aliphatic heterocycles. The number of carbonyl (C=O) groups is 3. The molecule has 0 spiro atoms. The van der Waals surface area contributed by atoms with Crippen molar-refractivity contribution >= 4 is 17.8 Å². The number of hydrogen-bond acceptors (Lipinski definition) is 5. The van der Waals surface area contributed by atoms with E-state index >= 15 is 0 Å². The third kappa shape index (κ3) is 3.01. The monoisotopic (exact) mass is 279 g/mol. The number of aliphatic carboxylic acids is 1. The molecule has 0 bridgehead atoms. The zero-order chi connectivity index (χ0) is 14.5. The summed E-state index contributed by atoms with van der Waals surface area (Å²) in [6, 6.07) is 6.37. The van der Waals surface area contributed by atoms with Crippen LogP contribution in [0.25, 0.3) is 0 Å². The molecule has 1 aromatic carbocycles. The van der Waals surface area contributed by atoms with Gasteiger partial charge in [0.15, 0.2) is 0 Å². The van der Waals surface area contributed by atoms with Gasteiger partial charge in [0.2, 0.25) is 0 Å². The number of unbranched alkanes of at least 4 members (excludes halogenated alkanes) is 1. The first-order chi connectivity index (χ1) is 9.61. The van der Waals surface area contributed by atoms with Crippen molar-refractivity contribution in [3.05, 3.63) is 35.4 Å². The summed E-state index contributed by atoms with van der Waals surface area (Å²) in [6.45, 7) is 0.0979. The van der Waals surface area contributed by atoms with E-state index in [1.807, 2.05) is 0 Å². The number of carboxylic acids is 1. The predicted octanol–water partition coefficient (Wildman–Crippen LogP) is 1.40. The van der Waals surface area contributed by atoms with Gasteiger partial charge >= 0.3 is 5.97 Å². The fraction of sp³-hybridized carbons (Fsp3) is 0.308. The minimum absolute atomic E-state index is 0.0381. The predicted molar refractivity (Wildman–Crippen MR) is 65.5 cm³/mol.